The minimum Gasteiger partial charge on any atom is -0.483 e. The number of nitrogens with zero attached hydrogens (tertiary/aromatic N) is 1. The van der Waals surface area contributed by atoms with Gasteiger partial charge in [0, 0.05) is 13.6 Å². The molecule has 0 saturated heterocycles. The average molecular weight is 330 g/mol. The van der Waals surface area contributed by atoms with Crippen molar-refractivity contribution in [1.82, 2.24) is 4.90 Å². The Balaban J connectivity index is 2.45. The standard InChI is InChI=1S/C14H20BrNO3/c1-10-4-5-13(12(15)8-10)19-9-14(18)16(3)7-6-11(2)17/h4-5,8,11,17H,6-7,9H2,1-3H3. The number of halogens is 1. The lowest BCUT2D eigenvalue weighted by molar-refractivity contribution is -0.132. The van der Waals surface area contributed by atoms with E-state index in [-0.39, 0.29) is 12.5 Å². The van der Waals surface area contributed by atoms with Gasteiger partial charge in [0.05, 0.1) is 10.6 Å². The number of hydrogen-bond donors (Lipinski definition) is 1. The Labute approximate surface area is 122 Å². The highest BCUT2D eigenvalue weighted by Crippen LogP contribution is 2.25. The van der Waals surface area contributed by atoms with Crippen LogP contribution in [0.4, 0.5) is 0 Å². The van der Waals surface area contributed by atoms with Crippen LogP contribution in [-0.4, -0.2) is 42.2 Å². The highest BCUT2D eigenvalue weighted by molar-refractivity contribution is 9.10. The molecule has 0 aromatic heterocycles. The monoisotopic (exact) mass is 329 g/mol. The van der Waals surface area contributed by atoms with E-state index in [0.717, 1.165) is 10.0 Å². The zero-order valence-electron chi connectivity index (χ0n) is 11.5. The van der Waals surface area contributed by atoms with Gasteiger partial charge in [0.15, 0.2) is 6.61 Å². The van der Waals surface area contributed by atoms with Crippen LogP contribution in [-0.2, 0) is 4.79 Å². The molecular formula is C14H20BrNO3. The van der Waals surface area contributed by atoms with Crippen LogP contribution in [0, 0.1) is 6.92 Å². The van der Waals surface area contributed by atoms with Gasteiger partial charge in [-0.05, 0) is 53.9 Å². The first kappa shape index (κ1) is 16.0. The molecule has 0 heterocycles. The van der Waals surface area contributed by atoms with Gasteiger partial charge in [-0.25, -0.2) is 0 Å². The van der Waals surface area contributed by atoms with Gasteiger partial charge < -0.3 is 14.7 Å². The Hall–Kier alpha value is -1.07. The maximum atomic E-state index is 11.8. The third kappa shape index (κ3) is 5.61. The summed E-state index contributed by atoms with van der Waals surface area (Å²) in [5.41, 5.74) is 1.12. The molecule has 19 heavy (non-hydrogen) atoms. The quantitative estimate of drug-likeness (QED) is 0.871. The van der Waals surface area contributed by atoms with Crippen molar-refractivity contribution in [3.05, 3.63) is 28.2 Å². The van der Waals surface area contributed by atoms with E-state index in [1.807, 2.05) is 25.1 Å². The molecule has 5 heteroatoms. The second-order valence-electron chi connectivity index (χ2n) is 4.68. The highest BCUT2D eigenvalue weighted by Gasteiger charge is 2.11. The minimum atomic E-state index is -0.401. The molecule has 0 spiro atoms. The van der Waals surface area contributed by atoms with Crippen molar-refractivity contribution < 1.29 is 14.6 Å². The van der Waals surface area contributed by atoms with Crippen LogP contribution in [0.1, 0.15) is 18.9 Å². The Bertz CT molecular complexity index is 435. The lowest BCUT2D eigenvalue weighted by atomic mass is 10.2. The van der Waals surface area contributed by atoms with Crippen LogP contribution in [0.2, 0.25) is 0 Å². The third-order valence-corrected chi connectivity index (χ3v) is 3.37. The molecule has 1 aromatic carbocycles. The van der Waals surface area contributed by atoms with E-state index < -0.39 is 6.10 Å². The van der Waals surface area contributed by atoms with Gasteiger partial charge >= 0.3 is 0 Å². The van der Waals surface area contributed by atoms with Gasteiger partial charge in [0.1, 0.15) is 5.75 Å². The van der Waals surface area contributed by atoms with Crippen LogP contribution in [0.3, 0.4) is 0 Å². The molecule has 1 aromatic rings. The molecule has 0 aliphatic carbocycles. The zero-order chi connectivity index (χ0) is 14.4. The number of carbonyl (C=O) groups excluding carboxylic acids is 1. The first-order valence-corrected chi connectivity index (χ1v) is 7.00. The lowest BCUT2D eigenvalue weighted by Gasteiger charge is -2.18. The first-order chi connectivity index (χ1) is 8.90. The number of carbonyl (C=O) groups is 1. The number of amides is 1. The molecule has 0 fully saturated rings. The van der Waals surface area contributed by atoms with Crippen LogP contribution in [0.5, 0.6) is 5.75 Å². The van der Waals surface area contributed by atoms with Crippen molar-refractivity contribution in [2.24, 2.45) is 0 Å². The lowest BCUT2D eigenvalue weighted by Crippen LogP contribution is -2.33. The minimum absolute atomic E-state index is 0.00201. The molecule has 1 N–H and O–H groups in total. The van der Waals surface area contributed by atoms with E-state index in [1.54, 1.807) is 18.9 Å². The van der Waals surface area contributed by atoms with Gasteiger partial charge in [0.25, 0.3) is 5.91 Å². The summed E-state index contributed by atoms with van der Waals surface area (Å²) in [5, 5.41) is 9.18. The summed E-state index contributed by atoms with van der Waals surface area (Å²) in [6.45, 7) is 4.22. The summed E-state index contributed by atoms with van der Waals surface area (Å²) < 4.78 is 6.32. The molecule has 106 valence electrons. The molecule has 0 aliphatic heterocycles. The fourth-order valence-electron chi connectivity index (χ4n) is 1.48. The van der Waals surface area contributed by atoms with Crippen molar-refractivity contribution in [2.45, 2.75) is 26.4 Å². The van der Waals surface area contributed by atoms with Gasteiger partial charge in [-0.3, -0.25) is 4.79 Å². The number of aliphatic hydroxyl groups is 1. The molecule has 1 unspecified atom stereocenters. The van der Waals surface area contributed by atoms with Crippen molar-refractivity contribution in [3.63, 3.8) is 0 Å². The number of aliphatic hydroxyl groups excluding tert-OH is 1. The fourth-order valence-corrected chi connectivity index (χ4v) is 2.09. The van der Waals surface area contributed by atoms with Crippen LogP contribution in [0.25, 0.3) is 0 Å². The van der Waals surface area contributed by atoms with Crippen LogP contribution < -0.4 is 4.74 Å². The molecule has 0 radical (unpaired) electrons. The van der Waals surface area contributed by atoms with Gasteiger partial charge in [0.2, 0.25) is 0 Å². The maximum absolute atomic E-state index is 11.8. The molecule has 1 rings (SSSR count). The molecule has 0 bridgehead atoms. The SMILES string of the molecule is Cc1ccc(OCC(=O)N(C)CCC(C)O)c(Br)c1. The van der Waals surface area contributed by atoms with Crippen molar-refractivity contribution in [1.29, 1.82) is 0 Å². The maximum Gasteiger partial charge on any atom is 0.260 e. The van der Waals surface area contributed by atoms with E-state index in [9.17, 15) is 9.90 Å². The van der Waals surface area contributed by atoms with Crippen LogP contribution in [0.15, 0.2) is 22.7 Å². The largest absolute Gasteiger partial charge is 0.483 e. The van der Waals surface area contributed by atoms with Crippen molar-refractivity contribution in [2.75, 3.05) is 20.2 Å². The second kappa shape index (κ2) is 7.50. The molecule has 1 atom stereocenters. The zero-order valence-corrected chi connectivity index (χ0v) is 13.1. The van der Waals surface area contributed by atoms with E-state index in [0.29, 0.717) is 18.7 Å². The number of ether oxygens (including phenoxy) is 1. The number of aryl methyl sites for hydroxylation is 1. The number of rotatable bonds is 6. The van der Waals surface area contributed by atoms with Crippen LogP contribution >= 0.6 is 15.9 Å². The summed E-state index contributed by atoms with van der Waals surface area (Å²) in [6, 6.07) is 5.71. The first-order valence-electron chi connectivity index (χ1n) is 6.21. The molecule has 1 amide bonds. The normalized spacial score (nSPS) is 12.1. The van der Waals surface area contributed by atoms with Gasteiger partial charge in [-0.15, -0.1) is 0 Å². The third-order valence-electron chi connectivity index (χ3n) is 2.75. The molecular weight excluding hydrogens is 310 g/mol. The van der Waals surface area contributed by atoms with E-state index in [2.05, 4.69) is 15.9 Å². The van der Waals surface area contributed by atoms with Crippen molar-refractivity contribution in [3.8, 4) is 5.75 Å². The Morgan fingerprint density at radius 2 is 2.21 bits per heavy atom. The fraction of sp³-hybridized carbons (Fsp3) is 0.500. The smallest absolute Gasteiger partial charge is 0.260 e. The Morgan fingerprint density at radius 1 is 1.53 bits per heavy atom. The number of hydrogen-bond acceptors (Lipinski definition) is 3. The van der Waals surface area contributed by atoms with Gasteiger partial charge in [-0.1, -0.05) is 6.07 Å². The summed E-state index contributed by atoms with van der Waals surface area (Å²) >= 11 is 3.40. The number of likely N-dealkylation sites (N-methyl/N-ethyl adjacent to an activating group) is 1. The predicted molar refractivity (Wildman–Crippen MR) is 78.3 cm³/mol. The summed E-state index contributed by atoms with van der Waals surface area (Å²) in [5.74, 6) is 0.552. The topological polar surface area (TPSA) is 49.8 Å². The summed E-state index contributed by atoms with van der Waals surface area (Å²) in [6.07, 6.45) is 0.165. The Morgan fingerprint density at radius 3 is 2.79 bits per heavy atom. The van der Waals surface area contributed by atoms with Crippen molar-refractivity contribution >= 4 is 21.8 Å². The summed E-state index contributed by atoms with van der Waals surface area (Å²) in [7, 11) is 1.71. The van der Waals surface area contributed by atoms with E-state index >= 15 is 0 Å². The summed E-state index contributed by atoms with van der Waals surface area (Å²) in [4.78, 5) is 13.4. The molecule has 4 nitrogen and oxygen atoms in total. The van der Waals surface area contributed by atoms with E-state index in [4.69, 9.17) is 4.74 Å². The average Bonchev–Trinajstić information content (AvgIpc) is 2.34. The second-order valence-corrected chi connectivity index (χ2v) is 5.53. The van der Waals surface area contributed by atoms with Gasteiger partial charge in [-0.2, -0.15) is 0 Å². The van der Waals surface area contributed by atoms with E-state index in [1.165, 1.54) is 0 Å². The number of benzene rings is 1. The molecule has 0 saturated carbocycles. The highest BCUT2D eigenvalue weighted by atomic mass is 79.9. The Kier molecular flexibility index (Phi) is 6.31. The molecule has 0 aliphatic rings. The predicted octanol–water partition coefficient (Wildman–Crippen LogP) is 2.37.